The van der Waals surface area contributed by atoms with Gasteiger partial charge in [0.15, 0.2) is 5.82 Å². The van der Waals surface area contributed by atoms with Crippen molar-refractivity contribution in [3.8, 4) is 0 Å². The van der Waals surface area contributed by atoms with Crippen LogP contribution in [0.3, 0.4) is 0 Å². The molecule has 1 amide bonds. The predicted octanol–water partition coefficient (Wildman–Crippen LogP) is 2.64. The van der Waals surface area contributed by atoms with Crippen molar-refractivity contribution in [1.29, 1.82) is 0 Å². The Hall–Kier alpha value is -2.22. The Bertz CT molecular complexity index is 731. The van der Waals surface area contributed by atoms with Gasteiger partial charge in [-0.1, -0.05) is 12.8 Å². The van der Waals surface area contributed by atoms with Gasteiger partial charge in [-0.3, -0.25) is 14.3 Å². The lowest BCUT2D eigenvalue weighted by atomic mass is 10.1. The molecule has 0 aliphatic heterocycles. The molecule has 2 aromatic heterocycles. The lowest BCUT2D eigenvalue weighted by Gasteiger charge is -2.02. The van der Waals surface area contributed by atoms with E-state index in [1.54, 1.807) is 6.07 Å². The first kappa shape index (κ1) is 15.7. The number of amides is 1. The van der Waals surface area contributed by atoms with Gasteiger partial charge in [-0.2, -0.15) is 5.10 Å². The van der Waals surface area contributed by atoms with Crippen LogP contribution in [0.15, 0.2) is 12.3 Å². The molecule has 23 heavy (non-hydrogen) atoms. The first-order chi connectivity index (χ1) is 11.0. The number of carbonyl (C=O) groups excluding carboxylic acids is 1. The van der Waals surface area contributed by atoms with E-state index in [-0.39, 0.29) is 12.5 Å². The SMILES string of the molecule is Cc1nc(C2CCCC2)sc1C(=O)Nc1ccn(CC(=O)O)n1. The van der Waals surface area contributed by atoms with Gasteiger partial charge in [-0.15, -0.1) is 11.3 Å². The van der Waals surface area contributed by atoms with Crippen LogP contribution in [0.5, 0.6) is 0 Å². The molecular weight excluding hydrogens is 316 g/mol. The molecule has 0 bridgehead atoms. The topological polar surface area (TPSA) is 97.1 Å². The quantitative estimate of drug-likeness (QED) is 0.876. The van der Waals surface area contributed by atoms with Crippen LogP contribution in [-0.2, 0) is 11.3 Å². The maximum absolute atomic E-state index is 12.4. The lowest BCUT2D eigenvalue weighted by Crippen LogP contribution is -2.13. The summed E-state index contributed by atoms with van der Waals surface area (Å²) in [5.74, 6) is -0.406. The van der Waals surface area contributed by atoms with Crippen molar-refractivity contribution >= 4 is 29.0 Å². The second kappa shape index (κ2) is 6.49. The number of carboxylic acid groups (broad SMARTS) is 1. The number of carboxylic acids is 1. The normalized spacial score (nSPS) is 15.0. The van der Waals surface area contributed by atoms with Crippen LogP contribution >= 0.6 is 11.3 Å². The van der Waals surface area contributed by atoms with E-state index < -0.39 is 5.97 Å². The second-order valence-corrected chi connectivity index (χ2v) is 6.73. The van der Waals surface area contributed by atoms with Crippen molar-refractivity contribution in [3.63, 3.8) is 0 Å². The van der Waals surface area contributed by atoms with E-state index in [1.807, 2.05) is 6.92 Å². The van der Waals surface area contributed by atoms with Gasteiger partial charge in [0, 0.05) is 18.2 Å². The second-order valence-electron chi connectivity index (χ2n) is 5.69. The number of aryl methyl sites for hydroxylation is 1. The third-order valence-electron chi connectivity index (χ3n) is 3.90. The fraction of sp³-hybridized carbons (Fsp3) is 0.467. The minimum atomic E-state index is -0.981. The molecule has 7 nitrogen and oxygen atoms in total. The van der Waals surface area contributed by atoms with Crippen molar-refractivity contribution in [2.45, 2.75) is 45.1 Å². The molecule has 8 heteroatoms. The van der Waals surface area contributed by atoms with E-state index in [2.05, 4.69) is 15.4 Å². The standard InChI is InChI=1S/C15H18N4O3S/c1-9-13(23-15(16-9)10-4-2-3-5-10)14(22)17-11-6-7-19(18-11)8-12(20)21/h6-7,10H,2-5,8H2,1H3,(H,20,21)(H,17,18,22). The molecular formula is C15H18N4O3S. The highest BCUT2D eigenvalue weighted by molar-refractivity contribution is 7.14. The van der Waals surface area contributed by atoms with Gasteiger partial charge >= 0.3 is 5.97 Å². The third-order valence-corrected chi connectivity index (χ3v) is 5.22. The molecule has 3 rings (SSSR count). The summed E-state index contributed by atoms with van der Waals surface area (Å²) in [5.41, 5.74) is 0.736. The minimum Gasteiger partial charge on any atom is -0.480 e. The third kappa shape index (κ3) is 3.58. The Morgan fingerprint density at radius 2 is 2.17 bits per heavy atom. The van der Waals surface area contributed by atoms with Crippen molar-refractivity contribution in [1.82, 2.24) is 14.8 Å². The molecule has 1 aliphatic rings. The van der Waals surface area contributed by atoms with Gasteiger partial charge in [0.05, 0.1) is 10.7 Å². The molecule has 0 aromatic carbocycles. The molecule has 0 saturated heterocycles. The first-order valence-corrected chi connectivity index (χ1v) is 8.38. The molecule has 0 atom stereocenters. The summed E-state index contributed by atoms with van der Waals surface area (Å²) in [6.07, 6.45) is 6.27. The number of aliphatic carboxylic acids is 1. The fourth-order valence-corrected chi connectivity index (χ4v) is 3.93. The van der Waals surface area contributed by atoms with Crippen LogP contribution < -0.4 is 5.32 Å². The van der Waals surface area contributed by atoms with Crippen LogP contribution in [0.2, 0.25) is 0 Å². The number of nitrogens with zero attached hydrogens (tertiary/aromatic N) is 3. The van der Waals surface area contributed by atoms with Gasteiger partial charge in [-0.25, -0.2) is 4.98 Å². The number of aromatic nitrogens is 3. The van der Waals surface area contributed by atoms with Crippen molar-refractivity contribution in [2.24, 2.45) is 0 Å². The summed E-state index contributed by atoms with van der Waals surface area (Å²) in [6.45, 7) is 1.61. The largest absolute Gasteiger partial charge is 0.480 e. The van der Waals surface area contributed by atoms with E-state index in [9.17, 15) is 9.59 Å². The van der Waals surface area contributed by atoms with E-state index in [0.717, 1.165) is 23.5 Å². The van der Waals surface area contributed by atoms with Gasteiger partial charge in [0.1, 0.15) is 11.4 Å². The van der Waals surface area contributed by atoms with Crippen LogP contribution in [0.25, 0.3) is 0 Å². The number of nitrogens with one attached hydrogen (secondary N) is 1. The molecule has 2 N–H and O–H groups in total. The summed E-state index contributed by atoms with van der Waals surface area (Å²) in [7, 11) is 0. The average molecular weight is 334 g/mol. The average Bonchev–Trinajstić information content (AvgIpc) is 3.18. The molecule has 0 radical (unpaired) electrons. The van der Waals surface area contributed by atoms with Crippen LogP contribution in [0, 0.1) is 6.92 Å². The van der Waals surface area contributed by atoms with Gasteiger partial charge < -0.3 is 10.4 Å². The molecule has 1 fully saturated rings. The zero-order chi connectivity index (χ0) is 16.4. The van der Waals surface area contributed by atoms with Gasteiger partial charge in [0.25, 0.3) is 5.91 Å². The Morgan fingerprint density at radius 3 is 2.87 bits per heavy atom. The zero-order valence-electron chi connectivity index (χ0n) is 12.8. The summed E-state index contributed by atoms with van der Waals surface area (Å²) in [4.78, 5) is 28.2. The Morgan fingerprint density at radius 1 is 1.43 bits per heavy atom. The summed E-state index contributed by atoms with van der Waals surface area (Å²) in [6, 6.07) is 1.58. The monoisotopic (exact) mass is 334 g/mol. The maximum atomic E-state index is 12.4. The van der Waals surface area contributed by atoms with Crippen molar-refractivity contribution in [2.75, 3.05) is 5.32 Å². The summed E-state index contributed by atoms with van der Waals surface area (Å²) in [5, 5.41) is 16.5. The van der Waals surface area contributed by atoms with Crippen LogP contribution in [0.4, 0.5) is 5.82 Å². The van der Waals surface area contributed by atoms with Crippen molar-refractivity contribution < 1.29 is 14.7 Å². The highest BCUT2D eigenvalue weighted by Crippen LogP contribution is 2.37. The molecule has 1 aliphatic carbocycles. The number of carbonyl (C=O) groups is 2. The van der Waals surface area contributed by atoms with Crippen LogP contribution in [-0.4, -0.2) is 31.7 Å². The number of hydrogen-bond donors (Lipinski definition) is 2. The van der Waals surface area contributed by atoms with Crippen molar-refractivity contribution in [3.05, 3.63) is 27.8 Å². The molecule has 0 unspecified atom stereocenters. The van der Waals surface area contributed by atoms with Gasteiger partial charge in [-0.05, 0) is 19.8 Å². The van der Waals surface area contributed by atoms with Crippen LogP contribution in [0.1, 0.15) is 52.0 Å². The van der Waals surface area contributed by atoms with E-state index in [1.165, 1.54) is 35.1 Å². The Labute approximate surface area is 137 Å². The summed E-state index contributed by atoms with van der Waals surface area (Å²) >= 11 is 1.45. The zero-order valence-corrected chi connectivity index (χ0v) is 13.6. The number of anilines is 1. The Balaban J connectivity index is 1.70. The highest BCUT2D eigenvalue weighted by atomic mass is 32.1. The predicted molar refractivity (Wildman–Crippen MR) is 85.9 cm³/mol. The van der Waals surface area contributed by atoms with Gasteiger partial charge in [0.2, 0.25) is 0 Å². The van der Waals surface area contributed by atoms with E-state index in [4.69, 9.17) is 5.11 Å². The highest BCUT2D eigenvalue weighted by Gasteiger charge is 2.24. The van der Waals surface area contributed by atoms with E-state index in [0.29, 0.717) is 16.6 Å². The minimum absolute atomic E-state index is 0.235. The lowest BCUT2D eigenvalue weighted by molar-refractivity contribution is -0.137. The molecule has 122 valence electrons. The smallest absolute Gasteiger partial charge is 0.325 e. The number of hydrogen-bond acceptors (Lipinski definition) is 5. The first-order valence-electron chi connectivity index (χ1n) is 7.57. The Kier molecular flexibility index (Phi) is 4.42. The van der Waals surface area contributed by atoms with E-state index >= 15 is 0 Å². The maximum Gasteiger partial charge on any atom is 0.325 e. The fourth-order valence-electron chi connectivity index (χ4n) is 2.80. The number of rotatable bonds is 5. The summed E-state index contributed by atoms with van der Waals surface area (Å²) < 4.78 is 1.27. The molecule has 2 aromatic rings. The molecule has 1 saturated carbocycles. The molecule has 2 heterocycles. The molecule has 0 spiro atoms. The number of thiazole rings is 1.